The number of esters is 2. The smallest absolute Gasteiger partial charge is 0.331 e. The zero-order chi connectivity index (χ0) is 16.2. The molecule has 0 aromatic carbocycles. The maximum Gasteiger partial charge on any atom is 0.331 e. The first-order valence-electron chi connectivity index (χ1n) is 8.33. The summed E-state index contributed by atoms with van der Waals surface area (Å²) >= 11 is 0. The minimum atomic E-state index is -0.672. The van der Waals surface area contributed by atoms with Gasteiger partial charge in [-0.05, 0) is 36.8 Å². The van der Waals surface area contributed by atoms with Crippen molar-refractivity contribution in [3.05, 3.63) is 24.3 Å². The van der Waals surface area contributed by atoms with Gasteiger partial charge in [-0.25, -0.2) is 4.79 Å². The van der Waals surface area contributed by atoms with E-state index < -0.39 is 17.1 Å². The number of ether oxygens (including phenoxy) is 3. The minimum Gasteiger partial charge on any atom is -0.459 e. The Morgan fingerprint density at radius 3 is 2.70 bits per heavy atom. The molecular formula is C18H20O5. The van der Waals surface area contributed by atoms with Crippen LogP contribution in [0.25, 0.3) is 0 Å². The Bertz CT molecular complexity index is 696. The molecule has 0 N–H and O–H groups in total. The number of carbonyl (C=O) groups excluding carboxylic acids is 2. The predicted molar refractivity (Wildman–Crippen MR) is 79.2 cm³/mol. The van der Waals surface area contributed by atoms with Crippen molar-refractivity contribution in [3.8, 4) is 0 Å². The van der Waals surface area contributed by atoms with Crippen LogP contribution in [0.5, 0.6) is 0 Å². The van der Waals surface area contributed by atoms with Gasteiger partial charge >= 0.3 is 11.9 Å². The van der Waals surface area contributed by atoms with Gasteiger partial charge in [0.15, 0.2) is 11.7 Å². The molecule has 0 aromatic heterocycles. The minimum absolute atomic E-state index is 0.0551. The molecule has 1 spiro atoms. The maximum atomic E-state index is 12.6. The second-order valence-corrected chi connectivity index (χ2v) is 8.02. The van der Waals surface area contributed by atoms with Crippen LogP contribution in [0.15, 0.2) is 24.3 Å². The number of rotatable bonds is 1. The number of fused-ring (bicyclic) bond motifs is 2. The first-order chi connectivity index (χ1) is 10.9. The zero-order valence-corrected chi connectivity index (χ0v) is 13.3. The third-order valence-corrected chi connectivity index (χ3v) is 6.97. The van der Waals surface area contributed by atoms with Gasteiger partial charge in [0.25, 0.3) is 0 Å². The second kappa shape index (κ2) is 3.72. The Kier molecular flexibility index (Phi) is 2.23. The number of hydrogen-bond donors (Lipinski definition) is 0. The van der Waals surface area contributed by atoms with Gasteiger partial charge in [0.05, 0.1) is 5.41 Å². The van der Waals surface area contributed by atoms with Gasteiger partial charge in [-0.15, -0.1) is 0 Å². The summed E-state index contributed by atoms with van der Waals surface area (Å²) < 4.78 is 17.3. The van der Waals surface area contributed by atoms with Gasteiger partial charge < -0.3 is 14.2 Å². The van der Waals surface area contributed by atoms with E-state index >= 15 is 0 Å². The molecule has 2 saturated carbocycles. The van der Waals surface area contributed by atoms with E-state index in [2.05, 4.69) is 13.5 Å². The van der Waals surface area contributed by atoms with Crippen molar-refractivity contribution >= 4 is 11.9 Å². The number of hydrogen-bond acceptors (Lipinski definition) is 5. The molecule has 5 aliphatic rings. The summed E-state index contributed by atoms with van der Waals surface area (Å²) in [6, 6.07) is 0. The normalized spacial score (nSPS) is 55.7. The highest BCUT2D eigenvalue weighted by Gasteiger charge is 2.82. The Morgan fingerprint density at radius 1 is 1.22 bits per heavy atom. The van der Waals surface area contributed by atoms with Crippen LogP contribution >= 0.6 is 0 Å². The molecular weight excluding hydrogens is 296 g/mol. The first kappa shape index (κ1) is 13.8. The SMILES string of the molecule is C=CC1OC(=O)C=C2C3(C)CCCC4(C)C(=O)OC(C43)C3OC213. The van der Waals surface area contributed by atoms with Gasteiger partial charge in [0, 0.05) is 12.0 Å². The van der Waals surface area contributed by atoms with E-state index in [1.165, 1.54) is 0 Å². The molecule has 7 unspecified atom stereocenters. The molecule has 7 atom stereocenters. The van der Waals surface area contributed by atoms with Crippen LogP contribution in [-0.2, 0) is 23.8 Å². The number of epoxide rings is 1. The van der Waals surface area contributed by atoms with Gasteiger partial charge in [-0.2, -0.15) is 0 Å². The summed E-state index contributed by atoms with van der Waals surface area (Å²) in [6.45, 7) is 7.98. The number of cyclic esters (lactones) is 1. The summed E-state index contributed by atoms with van der Waals surface area (Å²) in [4.78, 5) is 24.7. The summed E-state index contributed by atoms with van der Waals surface area (Å²) in [6.07, 6.45) is 4.95. The third kappa shape index (κ3) is 1.28. The van der Waals surface area contributed by atoms with Crippen LogP contribution < -0.4 is 0 Å². The van der Waals surface area contributed by atoms with Crippen LogP contribution in [-0.4, -0.2) is 35.9 Å². The Hall–Kier alpha value is -1.62. The maximum absolute atomic E-state index is 12.6. The predicted octanol–water partition coefficient (Wildman–Crippen LogP) is 1.91. The van der Waals surface area contributed by atoms with Crippen LogP contribution in [0.2, 0.25) is 0 Å². The molecule has 0 amide bonds. The molecule has 0 bridgehead atoms. The fraction of sp³-hybridized carbons (Fsp3) is 0.667. The van der Waals surface area contributed by atoms with Gasteiger partial charge in [-0.3, -0.25) is 4.79 Å². The van der Waals surface area contributed by atoms with Crippen molar-refractivity contribution < 1.29 is 23.8 Å². The second-order valence-electron chi connectivity index (χ2n) is 8.02. The van der Waals surface area contributed by atoms with E-state index in [1.807, 2.05) is 6.92 Å². The molecule has 2 saturated heterocycles. The molecule has 3 heterocycles. The zero-order valence-electron chi connectivity index (χ0n) is 13.3. The van der Waals surface area contributed by atoms with Crippen LogP contribution in [0.3, 0.4) is 0 Å². The summed E-state index contributed by atoms with van der Waals surface area (Å²) in [5.74, 6) is -0.410. The van der Waals surface area contributed by atoms with Crippen LogP contribution in [0.1, 0.15) is 33.1 Å². The lowest BCUT2D eigenvalue weighted by Crippen LogP contribution is -2.59. The Labute approximate surface area is 134 Å². The highest BCUT2D eigenvalue weighted by Crippen LogP contribution is 2.72. The molecule has 122 valence electrons. The standard InChI is InChI=1S/C18H20O5/c1-4-10-18-9(8-11(19)21-10)16(2)6-5-7-17(3)13(16)12(14(18)23-18)22-15(17)20/h4,8,10,12-14H,1,5-7H2,2-3H3. The van der Waals surface area contributed by atoms with Crippen molar-refractivity contribution in [2.24, 2.45) is 16.7 Å². The van der Waals surface area contributed by atoms with Gasteiger partial charge in [-0.1, -0.05) is 19.9 Å². The fourth-order valence-electron chi connectivity index (χ4n) is 6.05. The van der Waals surface area contributed by atoms with Crippen molar-refractivity contribution in [2.75, 3.05) is 0 Å². The lowest BCUT2D eigenvalue weighted by atomic mass is 9.47. The first-order valence-corrected chi connectivity index (χ1v) is 8.33. The molecule has 5 nitrogen and oxygen atoms in total. The lowest BCUT2D eigenvalue weighted by molar-refractivity contribution is -0.149. The van der Waals surface area contributed by atoms with E-state index in [0.717, 1.165) is 24.8 Å². The monoisotopic (exact) mass is 316 g/mol. The fourth-order valence-corrected chi connectivity index (χ4v) is 6.05. The summed E-state index contributed by atoms with van der Waals surface area (Å²) in [5, 5.41) is 0. The van der Waals surface area contributed by atoms with Gasteiger partial charge in [0.2, 0.25) is 0 Å². The average Bonchev–Trinajstić information content (AvgIpc) is 3.17. The highest BCUT2D eigenvalue weighted by molar-refractivity contribution is 5.87. The Morgan fingerprint density at radius 2 is 1.96 bits per heavy atom. The molecule has 0 aromatic rings. The molecule has 2 aliphatic carbocycles. The van der Waals surface area contributed by atoms with Crippen molar-refractivity contribution in [3.63, 3.8) is 0 Å². The van der Waals surface area contributed by atoms with E-state index in [4.69, 9.17) is 14.2 Å². The molecule has 5 heteroatoms. The highest BCUT2D eigenvalue weighted by atomic mass is 16.7. The molecule has 5 rings (SSSR count). The lowest BCUT2D eigenvalue weighted by Gasteiger charge is -2.53. The Balaban J connectivity index is 1.74. The van der Waals surface area contributed by atoms with Crippen molar-refractivity contribution in [1.29, 1.82) is 0 Å². The average molecular weight is 316 g/mol. The largest absolute Gasteiger partial charge is 0.459 e. The van der Waals surface area contributed by atoms with Crippen molar-refractivity contribution in [1.82, 2.24) is 0 Å². The summed E-state index contributed by atoms with van der Waals surface area (Å²) in [7, 11) is 0. The quantitative estimate of drug-likeness (QED) is 0.420. The van der Waals surface area contributed by atoms with E-state index in [9.17, 15) is 9.59 Å². The topological polar surface area (TPSA) is 65.1 Å². The number of carbonyl (C=O) groups is 2. The molecule has 23 heavy (non-hydrogen) atoms. The van der Waals surface area contributed by atoms with E-state index in [-0.39, 0.29) is 35.5 Å². The third-order valence-electron chi connectivity index (χ3n) is 6.97. The van der Waals surface area contributed by atoms with E-state index in [0.29, 0.717) is 0 Å². The summed E-state index contributed by atoms with van der Waals surface area (Å²) in [5.41, 5.74) is -0.449. The molecule has 4 fully saturated rings. The van der Waals surface area contributed by atoms with Gasteiger partial charge in [0.1, 0.15) is 12.2 Å². The van der Waals surface area contributed by atoms with Crippen LogP contribution in [0, 0.1) is 16.7 Å². The van der Waals surface area contributed by atoms with Crippen molar-refractivity contribution in [2.45, 2.75) is 57.0 Å². The van der Waals surface area contributed by atoms with E-state index in [1.54, 1.807) is 12.2 Å². The molecule has 0 radical (unpaired) electrons. The molecule has 3 aliphatic heterocycles. The van der Waals surface area contributed by atoms with Crippen LogP contribution in [0.4, 0.5) is 0 Å².